The van der Waals surface area contributed by atoms with Gasteiger partial charge < -0.3 is 5.32 Å². The Labute approximate surface area is 114 Å². The van der Waals surface area contributed by atoms with Crippen LogP contribution in [0.4, 0.5) is 0 Å². The number of hydrogen-bond donors (Lipinski definition) is 1. The van der Waals surface area contributed by atoms with E-state index in [0.29, 0.717) is 12.0 Å². The second-order valence-corrected chi connectivity index (χ2v) is 5.94. The van der Waals surface area contributed by atoms with E-state index in [1.165, 1.54) is 63.6 Å². The minimum atomic E-state index is 0.556. The SMILES string of the molecule is CCCCCCCCCCC(C)C1=NCC(C)N1. The van der Waals surface area contributed by atoms with Gasteiger partial charge in [0.05, 0.1) is 12.4 Å². The summed E-state index contributed by atoms with van der Waals surface area (Å²) in [5, 5.41) is 3.48. The van der Waals surface area contributed by atoms with Crippen LogP contribution in [-0.2, 0) is 0 Å². The van der Waals surface area contributed by atoms with E-state index in [1.54, 1.807) is 0 Å². The molecule has 0 radical (unpaired) electrons. The van der Waals surface area contributed by atoms with Gasteiger partial charge in [-0.2, -0.15) is 0 Å². The molecule has 0 fully saturated rings. The fourth-order valence-electron chi connectivity index (χ4n) is 2.60. The molecule has 0 saturated heterocycles. The highest BCUT2D eigenvalue weighted by Gasteiger charge is 2.17. The maximum atomic E-state index is 4.57. The second kappa shape index (κ2) is 9.41. The maximum absolute atomic E-state index is 4.57. The second-order valence-electron chi connectivity index (χ2n) is 5.94. The molecule has 0 aromatic heterocycles. The lowest BCUT2D eigenvalue weighted by Gasteiger charge is -2.13. The molecule has 0 aromatic rings. The first-order valence-corrected chi connectivity index (χ1v) is 8.05. The molecule has 0 saturated carbocycles. The third-order valence-electron chi connectivity index (χ3n) is 3.89. The maximum Gasteiger partial charge on any atom is 0.0995 e. The largest absolute Gasteiger partial charge is 0.369 e. The van der Waals surface area contributed by atoms with Crippen LogP contribution < -0.4 is 5.32 Å². The number of nitrogens with one attached hydrogen (secondary N) is 1. The molecule has 1 heterocycles. The van der Waals surface area contributed by atoms with Crippen molar-refractivity contribution in [2.45, 2.75) is 84.6 Å². The number of amidine groups is 1. The summed E-state index contributed by atoms with van der Waals surface area (Å²) in [6.45, 7) is 7.77. The van der Waals surface area contributed by atoms with Crippen molar-refractivity contribution in [2.24, 2.45) is 10.9 Å². The quantitative estimate of drug-likeness (QED) is 0.567. The van der Waals surface area contributed by atoms with Crippen molar-refractivity contribution in [3.05, 3.63) is 0 Å². The van der Waals surface area contributed by atoms with E-state index in [9.17, 15) is 0 Å². The normalized spacial score (nSPS) is 20.6. The molecule has 2 nitrogen and oxygen atoms in total. The van der Waals surface area contributed by atoms with Crippen LogP contribution in [0.25, 0.3) is 0 Å². The van der Waals surface area contributed by atoms with Crippen LogP contribution in [0.5, 0.6) is 0 Å². The summed E-state index contributed by atoms with van der Waals surface area (Å²) in [6.07, 6.45) is 12.6. The smallest absolute Gasteiger partial charge is 0.0995 e. The molecule has 2 atom stereocenters. The lowest BCUT2D eigenvalue weighted by Crippen LogP contribution is -2.31. The van der Waals surface area contributed by atoms with Gasteiger partial charge in [0.1, 0.15) is 0 Å². The third-order valence-corrected chi connectivity index (χ3v) is 3.89. The molecule has 1 aliphatic rings. The van der Waals surface area contributed by atoms with Crippen molar-refractivity contribution in [3.63, 3.8) is 0 Å². The molecule has 0 aromatic carbocycles. The summed E-state index contributed by atoms with van der Waals surface area (Å²) in [5.41, 5.74) is 0. The summed E-state index contributed by atoms with van der Waals surface area (Å²) in [6, 6.07) is 0.556. The van der Waals surface area contributed by atoms with E-state index in [4.69, 9.17) is 0 Å². The summed E-state index contributed by atoms with van der Waals surface area (Å²) in [7, 11) is 0. The fraction of sp³-hybridized carbons (Fsp3) is 0.938. The van der Waals surface area contributed by atoms with Gasteiger partial charge in [0.25, 0.3) is 0 Å². The van der Waals surface area contributed by atoms with Gasteiger partial charge in [-0.15, -0.1) is 0 Å². The fourth-order valence-corrected chi connectivity index (χ4v) is 2.60. The molecule has 18 heavy (non-hydrogen) atoms. The lowest BCUT2D eigenvalue weighted by molar-refractivity contribution is 0.538. The predicted molar refractivity (Wildman–Crippen MR) is 81.3 cm³/mol. The Bertz CT molecular complexity index is 235. The van der Waals surface area contributed by atoms with Crippen molar-refractivity contribution >= 4 is 5.84 Å². The highest BCUT2D eigenvalue weighted by Crippen LogP contribution is 2.15. The minimum Gasteiger partial charge on any atom is -0.369 e. The van der Waals surface area contributed by atoms with E-state index < -0.39 is 0 Å². The highest BCUT2D eigenvalue weighted by molar-refractivity contribution is 5.85. The van der Waals surface area contributed by atoms with Crippen LogP contribution in [0.15, 0.2) is 4.99 Å². The van der Waals surface area contributed by atoms with Gasteiger partial charge in [-0.1, -0.05) is 65.2 Å². The van der Waals surface area contributed by atoms with Crippen molar-refractivity contribution in [2.75, 3.05) is 6.54 Å². The zero-order valence-electron chi connectivity index (χ0n) is 12.7. The molecule has 106 valence electrons. The van der Waals surface area contributed by atoms with Crippen molar-refractivity contribution < 1.29 is 0 Å². The summed E-state index contributed by atoms with van der Waals surface area (Å²) >= 11 is 0. The minimum absolute atomic E-state index is 0.556. The number of aliphatic imine (C=N–C) groups is 1. The van der Waals surface area contributed by atoms with Gasteiger partial charge in [0.2, 0.25) is 0 Å². The first-order valence-electron chi connectivity index (χ1n) is 8.05. The molecule has 1 N–H and O–H groups in total. The van der Waals surface area contributed by atoms with Crippen molar-refractivity contribution in [1.29, 1.82) is 0 Å². The van der Waals surface area contributed by atoms with Crippen LogP contribution in [0.2, 0.25) is 0 Å². The summed E-state index contributed by atoms with van der Waals surface area (Å²) in [5.74, 6) is 1.89. The Morgan fingerprint density at radius 1 is 1.11 bits per heavy atom. The van der Waals surface area contributed by atoms with E-state index in [2.05, 4.69) is 31.1 Å². The molecule has 0 aliphatic carbocycles. The predicted octanol–water partition coefficient (Wildman–Crippen LogP) is 4.54. The monoisotopic (exact) mass is 252 g/mol. The average Bonchev–Trinajstić information content (AvgIpc) is 2.79. The Hall–Kier alpha value is -0.530. The molecular weight excluding hydrogens is 220 g/mol. The molecule has 2 heteroatoms. The van der Waals surface area contributed by atoms with Gasteiger partial charge in [0, 0.05) is 12.0 Å². The average molecular weight is 252 g/mol. The van der Waals surface area contributed by atoms with Gasteiger partial charge in [-0.3, -0.25) is 4.99 Å². The Morgan fingerprint density at radius 3 is 2.28 bits per heavy atom. The molecule has 0 bridgehead atoms. The Kier molecular flexibility index (Phi) is 8.11. The first-order chi connectivity index (χ1) is 8.74. The number of hydrogen-bond acceptors (Lipinski definition) is 2. The topological polar surface area (TPSA) is 24.4 Å². The molecular formula is C16H32N2. The highest BCUT2D eigenvalue weighted by atomic mass is 15.1. The van der Waals surface area contributed by atoms with Gasteiger partial charge in [-0.05, 0) is 13.3 Å². The van der Waals surface area contributed by atoms with E-state index >= 15 is 0 Å². The molecule has 0 spiro atoms. The molecule has 0 amide bonds. The van der Waals surface area contributed by atoms with Crippen LogP contribution in [0.3, 0.4) is 0 Å². The van der Waals surface area contributed by atoms with Crippen molar-refractivity contribution in [1.82, 2.24) is 5.32 Å². The number of nitrogens with zero attached hydrogens (tertiary/aromatic N) is 1. The molecule has 2 unspecified atom stereocenters. The van der Waals surface area contributed by atoms with Crippen LogP contribution >= 0.6 is 0 Å². The van der Waals surface area contributed by atoms with E-state index in [0.717, 1.165) is 6.54 Å². The standard InChI is InChI=1S/C16H32N2/c1-4-5-6-7-8-9-10-11-12-14(2)16-17-13-15(3)18-16/h14-15H,4-13H2,1-3H3,(H,17,18). The third kappa shape index (κ3) is 6.42. The van der Waals surface area contributed by atoms with Gasteiger partial charge >= 0.3 is 0 Å². The summed E-state index contributed by atoms with van der Waals surface area (Å²) in [4.78, 5) is 4.57. The number of unbranched alkanes of at least 4 members (excludes halogenated alkanes) is 7. The summed E-state index contributed by atoms with van der Waals surface area (Å²) < 4.78 is 0. The van der Waals surface area contributed by atoms with Crippen LogP contribution in [0, 0.1) is 5.92 Å². The number of rotatable bonds is 10. The van der Waals surface area contributed by atoms with Crippen LogP contribution in [0.1, 0.15) is 78.6 Å². The zero-order chi connectivity index (χ0) is 13.2. The van der Waals surface area contributed by atoms with Gasteiger partial charge in [-0.25, -0.2) is 0 Å². The first kappa shape index (κ1) is 15.5. The van der Waals surface area contributed by atoms with E-state index in [1.807, 2.05) is 0 Å². The molecule has 1 rings (SSSR count). The van der Waals surface area contributed by atoms with Gasteiger partial charge in [0.15, 0.2) is 0 Å². The molecule has 1 aliphatic heterocycles. The van der Waals surface area contributed by atoms with Crippen molar-refractivity contribution in [3.8, 4) is 0 Å². The Morgan fingerprint density at radius 2 is 1.72 bits per heavy atom. The zero-order valence-corrected chi connectivity index (χ0v) is 12.7. The van der Waals surface area contributed by atoms with E-state index in [-0.39, 0.29) is 0 Å². The lowest BCUT2D eigenvalue weighted by atomic mass is 10.0. The Balaban J connectivity index is 1.91. The van der Waals surface area contributed by atoms with Crippen LogP contribution in [-0.4, -0.2) is 18.4 Å².